The van der Waals surface area contributed by atoms with Crippen molar-refractivity contribution < 1.29 is 28.9 Å². The first kappa shape index (κ1) is 34.7. The van der Waals surface area contributed by atoms with Crippen molar-refractivity contribution in [1.82, 2.24) is 24.8 Å². The topological polar surface area (TPSA) is 150 Å². The molecule has 0 aliphatic rings. The minimum absolute atomic E-state index is 0.0567. The van der Waals surface area contributed by atoms with E-state index in [1.54, 1.807) is 50.0 Å². The Bertz CT molecular complexity index is 2020. The predicted molar refractivity (Wildman–Crippen MR) is 192 cm³/mol. The molecule has 2 heterocycles. The van der Waals surface area contributed by atoms with Crippen molar-refractivity contribution in [3.05, 3.63) is 144 Å². The fourth-order valence-corrected chi connectivity index (χ4v) is 5.85. The third-order valence-corrected chi connectivity index (χ3v) is 8.56. The molecule has 2 atom stereocenters. The van der Waals surface area contributed by atoms with E-state index in [1.807, 2.05) is 84.9 Å². The molecule has 260 valence electrons. The number of benzene rings is 4. The first-order valence-corrected chi connectivity index (χ1v) is 16.3. The zero-order valence-electron chi connectivity index (χ0n) is 28.4. The van der Waals surface area contributed by atoms with Crippen LogP contribution in [0.4, 0.5) is 5.82 Å². The van der Waals surface area contributed by atoms with Crippen LogP contribution in [0.15, 0.2) is 122 Å². The first-order valence-electron chi connectivity index (χ1n) is 16.3. The average molecular weight is 687 g/mol. The van der Waals surface area contributed by atoms with Crippen molar-refractivity contribution >= 4 is 28.8 Å². The molecule has 12 nitrogen and oxygen atoms in total. The lowest BCUT2D eigenvalue weighted by Gasteiger charge is -2.37. The Morgan fingerprint density at radius 1 is 0.784 bits per heavy atom. The fourth-order valence-electron chi connectivity index (χ4n) is 5.85. The number of anilines is 1. The van der Waals surface area contributed by atoms with Crippen molar-refractivity contribution in [2.24, 2.45) is 0 Å². The zero-order valence-corrected chi connectivity index (χ0v) is 28.4. The van der Waals surface area contributed by atoms with Crippen molar-refractivity contribution in [2.75, 3.05) is 26.1 Å². The summed E-state index contributed by atoms with van der Waals surface area (Å²) in [7, 11) is 3.22. The number of hydrogen-bond donors (Lipinski definition) is 3. The predicted octanol–water partition coefficient (Wildman–Crippen LogP) is 4.97. The second kappa shape index (κ2) is 15.6. The number of aromatic nitrogens is 4. The number of rotatable bonds is 14. The van der Waals surface area contributed by atoms with Gasteiger partial charge in [0.1, 0.15) is 30.0 Å². The Morgan fingerprint density at radius 3 is 1.92 bits per heavy atom. The number of fused-ring (bicyclic) bond motifs is 1. The highest BCUT2D eigenvalue weighted by atomic mass is 16.5. The highest BCUT2D eigenvalue weighted by Crippen LogP contribution is 2.42. The Balaban J connectivity index is 1.26. The lowest BCUT2D eigenvalue weighted by Crippen LogP contribution is -2.48. The van der Waals surface area contributed by atoms with Crippen LogP contribution in [0.2, 0.25) is 0 Å². The molecule has 51 heavy (non-hydrogen) atoms. The molecule has 6 aromatic rings. The maximum atomic E-state index is 13.5. The Kier molecular flexibility index (Phi) is 10.6. The number of methoxy groups -OCH3 is 2. The van der Waals surface area contributed by atoms with Gasteiger partial charge in [-0.15, -0.1) is 0 Å². The van der Waals surface area contributed by atoms with Gasteiger partial charge in [-0.05, 0) is 60.0 Å². The lowest BCUT2D eigenvalue weighted by atomic mass is 9.80. The standard InChI is InChI=1S/C39H38N6O6/c1-26(46)33(43-34(47)22-45-25-42-35-36(40-24-41-37(35)45)44-38(48)27-10-6-4-7-11-27)23-51-39(28-12-8-5-9-13-28,29-14-18-31(49-2)19-15-29)30-16-20-32(50-3)21-17-30/h4-21,24-26,33,46H,22-23H2,1-3H3,(H,43,47)(H,40,41,44,48)/t26-,33-/m0/s1. The van der Waals surface area contributed by atoms with Crippen LogP contribution in [0, 0.1) is 0 Å². The number of aliphatic hydroxyl groups is 1. The summed E-state index contributed by atoms with van der Waals surface area (Å²) in [5, 5.41) is 16.6. The van der Waals surface area contributed by atoms with E-state index in [4.69, 9.17) is 14.2 Å². The normalized spacial score (nSPS) is 12.5. The largest absolute Gasteiger partial charge is 0.497 e. The van der Waals surface area contributed by atoms with Crippen LogP contribution >= 0.6 is 0 Å². The molecule has 4 aromatic carbocycles. The molecule has 0 bridgehead atoms. The number of imidazole rings is 1. The number of ether oxygens (including phenoxy) is 3. The van der Waals surface area contributed by atoms with E-state index in [-0.39, 0.29) is 24.9 Å². The number of amides is 2. The number of hydrogen-bond acceptors (Lipinski definition) is 9. The third-order valence-electron chi connectivity index (χ3n) is 8.56. The van der Waals surface area contributed by atoms with E-state index in [0.29, 0.717) is 28.2 Å². The van der Waals surface area contributed by atoms with E-state index < -0.39 is 23.7 Å². The van der Waals surface area contributed by atoms with Crippen molar-refractivity contribution in [1.29, 1.82) is 0 Å². The Labute approximate surface area is 295 Å². The molecule has 0 saturated carbocycles. The van der Waals surface area contributed by atoms with Crippen LogP contribution in [0.25, 0.3) is 11.2 Å². The second-order valence-electron chi connectivity index (χ2n) is 11.8. The summed E-state index contributed by atoms with van der Waals surface area (Å²) >= 11 is 0. The highest BCUT2D eigenvalue weighted by molar-refractivity contribution is 6.06. The summed E-state index contributed by atoms with van der Waals surface area (Å²) < 4.78 is 19.3. The van der Waals surface area contributed by atoms with Crippen molar-refractivity contribution in [2.45, 2.75) is 31.2 Å². The molecule has 12 heteroatoms. The van der Waals surface area contributed by atoms with Gasteiger partial charge in [-0.2, -0.15) is 0 Å². The summed E-state index contributed by atoms with van der Waals surface area (Å²) in [6.45, 7) is 1.38. The molecule has 0 saturated heterocycles. The summed E-state index contributed by atoms with van der Waals surface area (Å²) in [6.07, 6.45) is 1.78. The monoisotopic (exact) mass is 686 g/mol. The minimum Gasteiger partial charge on any atom is -0.497 e. The highest BCUT2D eigenvalue weighted by Gasteiger charge is 2.39. The molecule has 0 aliphatic heterocycles. The van der Waals surface area contributed by atoms with Crippen LogP contribution in [-0.2, 0) is 21.7 Å². The quantitative estimate of drug-likeness (QED) is 0.135. The fraction of sp³-hybridized carbons (Fsp3) is 0.205. The van der Waals surface area contributed by atoms with Gasteiger partial charge in [0, 0.05) is 5.56 Å². The van der Waals surface area contributed by atoms with Crippen LogP contribution in [-0.4, -0.2) is 69.4 Å². The Hall–Kier alpha value is -6.11. The minimum atomic E-state index is -1.14. The van der Waals surface area contributed by atoms with Crippen molar-refractivity contribution in [3.63, 3.8) is 0 Å². The maximum absolute atomic E-state index is 13.5. The van der Waals surface area contributed by atoms with Crippen LogP contribution in [0.5, 0.6) is 11.5 Å². The SMILES string of the molecule is COc1ccc(C(OC[C@H](NC(=O)Cn2cnc3c(NC(=O)c4ccccc4)ncnc32)[C@H](C)O)(c2ccccc2)c2ccc(OC)cc2)cc1. The summed E-state index contributed by atoms with van der Waals surface area (Å²) in [4.78, 5) is 39.2. The number of nitrogens with one attached hydrogen (secondary N) is 2. The van der Waals surface area contributed by atoms with Gasteiger partial charge in [0.2, 0.25) is 5.91 Å². The van der Waals surface area contributed by atoms with Gasteiger partial charge in [-0.25, -0.2) is 15.0 Å². The van der Waals surface area contributed by atoms with Crippen LogP contribution < -0.4 is 20.1 Å². The molecular formula is C39H38N6O6. The molecule has 0 aliphatic carbocycles. The van der Waals surface area contributed by atoms with Gasteiger partial charge in [0.15, 0.2) is 17.0 Å². The zero-order chi connectivity index (χ0) is 35.8. The molecule has 0 fully saturated rings. The van der Waals surface area contributed by atoms with Gasteiger partial charge in [-0.1, -0.05) is 72.8 Å². The smallest absolute Gasteiger partial charge is 0.256 e. The summed E-state index contributed by atoms with van der Waals surface area (Å²) in [6, 6.07) is 32.9. The lowest BCUT2D eigenvalue weighted by molar-refractivity contribution is -0.124. The van der Waals surface area contributed by atoms with Gasteiger partial charge in [0.25, 0.3) is 5.91 Å². The van der Waals surface area contributed by atoms with E-state index >= 15 is 0 Å². The average Bonchev–Trinajstić information content (AvgIpc) is 3.58. The van der Waals surface area contributed by atoms with Gasteiger partial charge in [-0.3, -0.25) is 9.59 Å². The van der Waals surface area contributed by atoms with Crippen LogP contribution in [0.3, 0.4) is 0 Å². The number of carbonyl (C=O) groups excluding carboxylic acids is 2. The summed E-state index contributed by atoms with van der Waals surface area (Å²) in [5.41, 5.74) is 2.48. The molecule has 3 N–H and O–H groups in total. The van der Waals surface area contributed by atoms with Gasteiger partial charge in [0.05, 0.1) is 39.3 Å². The third kappa shape index (κ3) is 7.57. The molecule has 0 spiro atoms. The van der Waals surface area contributed by atoms with Gasteiger partial charge >= 0.3 is 0 Å². The molecular weight excluding hydrogens is 648 g/mol. The number of nitrogens with zero attached hydrogens (tertiary/aromatic N) is 4. The van der Waals surface area contributed by atoms with Crippen LogP contribution in [0.1, 0.15) is 34.0 Å². The molecule has 0 radical (unpaired) electrons. The van der Waals surface area contributed by atoms with E-state index in [2.05, 4.69) is 25.6 Å². The summed E-state index contributed by atoms with van der Waals surface area (Å²) in [5.74, 6) is 0.840. The molecule has 6 rings (SSSR count). The first-order chi connectivity index (χ1) is 24.8. The molecule has 0 unspecified atom stereocenters. The number of carbonyl (C=O) groups is 2. The number of aliphatic hydroxyl groups excluding tert-OH is 1. The maximum Gasteiger partial charge on any atom is 0.256 e. The molecule has 2 aromatic heterocycles. The van der Waals surface area contributed by atoms with E-state index in [9.17, 15) is 14.7 Å². The van der Waals surface area contributed by atoms with Crippen molar-refractivity contribution in [3.8, 4) is 11.5 Å². The molecule has 2 amide bonds. The Morgan fingerprint density at radius 2 is 1.35 bits per heavy atom. The van der Waals surface area contributed by atoms with E-state index in [1.165, 1.54) is 12.7 Å². The van der Waals surface area contributed by atoms with Gasteiger partial charge < -0.3 is 34.5 Å². The second-order valence-corrected chi connectivity index (χ2v) is 11.8. The van der Waals surface area contributed by atoms with E-state index in [0.717, 1.165) is 16.7 Å².